The highest BCUT2D eigenvalue weighted by atomic mass is 16.5. The van der Waals surface area contributed by atoms with Gasteiger partial charge in [0.15, 0.2) is 5.43 Å². The van der Waals surface area contributed by atoms with Crippen LogP contribution in [-0.2, 0) is 11.2 Å². The number of rotatable bonds is 2. The van der Waals surface area contributed by atoms with Gasteiger partial charge in [-0.05, 0) is 25.0 Å². The van der Waals surface area contributed by atoms with Crippen LogP contribution in [0.25, 0.3) is 0 Å². The van der Waals surface area contributed by atoms with Gasteiger partial charge in [-0.2, -0.15) is 0 Å². The van der Waals surface area contributed by atoms with Gasteiger partial charge in [-0.3, -0.25) is 14.4 Å². The van der Waals surface area contributed by atoms with E-state index in [9.17, 15) is 19.5 Å². The summed E-state index contributed by atoms with van der Waals surface area (Å²) in [5.74, 6) is -1.05. The van der Waals surface area contributed by atoms with Gasteiger partial charge in [-0.15, -0.1) is 0 Å². The lowest BCUT2D eigenvalue weighted by atomic mass is 9.74. The van der Waals surface area contributed by atoms with Crippen molar-refractivity contribution in [2.45, 2.75) is 13.3 Å². The number of amides is 1. The summed E-state index contributed by atoms with van der Waals surface area (Å²) in [6.07, 6.45) is 1.69. The number of likely N-dealkylation sites (tertiary alicyclic amines) is 1. The third-order valence-corrected chi connectivity index (χ3v) is 5.61. The van der Waals surface area contributed by atoms with Crippen LogP contribution in [0.3, 0.4) is 0 Å². The number of aliphatic carboxylic acids is 1. The van der Waals surface area contributed by atoms with Crippen molar-refractivity contribution in [3.63, 3.8) is 0 Å². The van der Waals surface area contributed by atoms with E-state index in [0.717, 1.165) is 5.56 Å². The van der Waals surface area contributed by atoms with Crippen molar-refractivity contribution < 1.29 is 19.4 Å². The molecule has 0 bridgehead atoms. The number of aromatic nitrogens is 1. The highest BCUT2D eigenvalue weighted by molar-refractivity contribution is 5.95. The van der Waals surface area contributed by atoms with Crippen LogP contribution < -0.4 is 10.2 Å². The number of aryl methyl sites for hydroxylation is 1. The second-order valence-corrected chi connectivity index (χ2v) is 7.33. The molecule has 7 heteroatoms. The van der Waals surface area contributed by atoms with E-state index >= 15 is 0 Å². The van der Waals surface area contributed by atoms with Crippen molar-refractivity contribution in [2.24, 2.45) is 11.3 Å². The molecule has 2 atom stereocenters. The zero-order chi connectivity index (χ0) is 19.2. The molecule has 7 nitrogen and oxygen atoms in total. The fourth-order valence-electron chi connectivity index (χ4n) is 4.09. The zero-order valence-corrected chi connectivity index (χ0v) is 14.9. The molecule has 0 radical (unpaired) electrons. The van der Waals surface area contributed by atoms with Crippen molar-refractivity contribution in [2.75, 3.05) is 19.7 Å². The lowest BCUT2D eigenvalue weighted by molar-refractivity contribution is -0.150. The summed E-state index contributed by atoms with van der Waals surface area (Å²) in [5.41, 5.74) is 0.0213. The number of ether oxygens (including phenoxy) is 1. The number of hydrogen-bond donors (Lipinski definition) is 2. The first-order valence-electron chi connectivity index (χ1n) is 8.83. The smallest absolute Gasteiger partial charge is 0.312 e. The molecule has 2 aromatic rings. The molecule has 2 N–H and O–H groups in total. The molecule has 0 aliphatic carbocycles. The number of nitrogens with one attached hydrogen (secondary N) is 1. The Kier molecular flexibility index (Phi) is 4.02. The Bertz CT molecular complexity index is 982. The highest BCUT2D eigenvalue weighted by Gasteiger charge is 2.55. The predicted octanol–water partition coefficient (Wildman–Crippen LogP) is 1.46. The van der Waals surface area contributed by atoms with Gasteiger partial charge in [-0.1, -0.05) is 18.2 Å². The molecule has 1 aromatic heterocycles. The number of fused-ring (bicyclic) bond motifs is 2. The molecule has 0 spiro atoms. The molecular formula is C20H20N2O5. The average molecular weight is 368 g/mol. The molecule has 1 saturated heterocycles. The minimum Gasteiger partial charge on any atom is -0.493 e. The van der Waals surface area contributed by atoms with Gasteiger partial charge in [0.1, 0.15) is 11.3 Å². The maximum atomic E-state index is 12.9. The number of H-pyrrole nitrogens is 1. The third-order valence-electron chi connectivity index (χ3n) is 5.61. The van der Waals surface area contributed by atoms with Crippen molar-refractivity contribution >= 4 is 11.9 Å². The van der Waals surface area contributed by atoms with Gasteiger partial charge >= 0.3 is 5.97 Å². The Hall–Kier alpha value is -3.09. The van der Waals surface area contributed by atoms with E-state index in [1.54, 1.807) is 6.92 Å². The summed E-state index contributed by atoms with van der Waals surface area (Å²) in [7, 11) is 0. The molecule has 0 saturated carbocycles. The first-order valence-corrected chi connectivity index (χ1v) is 8.83. The number of aromatic amines is 1. The summed E-state index contributed by atoms with van der Waals surface area (Å²) >= 11 is 0. The topological polar surface area (TPSA) is 99.7 Å². The average Bonchev–Trinajstić information content (AvgIpc) is 2.92. The molecule has 2 aliphatic heterocycles. The minimum absolute atomic E-state index is 0.0268. The van der Waals surface area contributed by atoms with Gasteiger partial charge in [0.25, 0.3) is 5.91 Å². The first kappa shape index (κ1) is 17.3. The number of nitrogens with zero attached hydrogens (tertiary/aromatic N) is 1. The van der Waals surface area contributed by atoms with Crippen molar-refractivity contribution in [1.29, 1.82) is 0 Å². The van der Waals surface area contributed by atoms with E-state index in [-0.39, 0.29) is 43.0 Å². The molecule has 140 valence electrons. The van der Waals surface area contributed by atoms with Gasteiger partial charge in [0.05, 0.1) is 12.0 Å². The maximum absolute atomic E-state index is 12.9. The van der Waals surface area contributed by atoms with E-state index in [1.807, 2.05) is 24.3 Å². The van der Waals surface area contributed by atoms with Gasteiger partial charge in [0, 0.05) is 37.0 Å². The molecule has 1 aromatic carbocycles. The SMILES string of the molecule is Cc1cc(=O)c(C(=O)N2C[C@@H]3COc4ccccc4C[C@]3(C(=O)O)C2)c[nH]1. The molecule has 1 amide bonds. The minimum atomic E-state index is -1.13. The molecule has 4 rings (SSSR count). The largest absolute Gasteiger partial charge is 0.493 e. The Morgan fingerprint density at radius 2 is 2.11 bits per heavy atom. The van der Waals surface area contributed by atoms with Crippen LogP contribution in [-0.4, -0.2) is 46.6 Å². The van der Waals surface area contributed by atoms with E-state index in [0.29, 0.717) is 11.4 Å². The molecular weight excluding hydrogens is 348 g/mol. The lowest BCUT2D eigenvalue weighted by Gasteiger charge is -2.27. The number of carboxylic acids is 1. The third kappa shape index (κ3) is 2.79. The fourth-order valence-corrected chi connectivity index (χ4v) is 4.09. The number of pyridine rings is 1. The van der Waals surface area contributed by atoms with Gasteiger partial charge in [0.2, 0.25) is 0 Å². The summed E-state index contributed by atoms with van der Waals surface area (Å²) < 4.78 is 5.84. The van der Waals surface area contributed by atoms with Crippen molar-refractivity contribution in [1.82, 2.24) is 9.88 Å². The van der Waals surface area contributed by atoms with Crippen LogP contribution in [0.1, 0.15) is 21.6 Å². The number of para-hydroxylation sites is 1. The summed E-state index contributed by atoms with van der Waals surface area (Å²) in [4.78, 5) is 41.7. The van der Waals surface area contributed by atoms with E-state index in [4.69, 9.17) is 4.74 Å². The van der Waals surface area contributed by atoms with Crippen LogP contribution >= 0.6 is 0 Å². The van der Waals surface area contributed by atoms with E-state index in [1.165, 1.54) is 17.2 Å². The normalized spacial score (nSPS) is 23.7. The van der Waals surface area contributed by atoms with Gasteiger partial charge < -0.3 is 19.7 Å². The molecule has 2 aliphatic rings. The van der Waals surface area contributed by atoms with Crippen LogP contribution in [0.4, 0.5) is 0 Å². The van der Waals surface area contributed by atoms with Crippen LogP contribution in [0.15, 0.2) is 41.3 Å². The number of carbonyl (C=O) groups is 2. The Morgan fingerprint density at radius 3 is 2.85 bits per heavy atom. The second kappa shape index (κ2) is 6.26. The van der Waals surface area contributed by atoms with Crippen molar-refractivity contribution in [3.8, 4) is 5.75 Å². The second-order valence-electron chi connectivity index (χ2n) is 7.33. The van der Waals surface area contributed by atoms with Crippen LogP contribution in [0, 0.1) is 18.3 Å². The van der Waals surface area contributed by atoms with Crippen LogP contribution in [0.5, 0.6) is 5.75 Å². The Morgan fingerprint density at radius 1 is 1.33 bits per heavy atom. The summed E-state index contributed by atoms with van der Waals surface area (Å²) in [6.45, 7) is 2.25. The standard InChI is InChI=1S/C20H20N2O5/c1-12-6-16(23)15(8-21-12)18(24)22-9-14-10-27-17-5-3-2-4-13(17)7-20(14,11-22)19(25)26/h2-6,8,14H,7,9-11H2,1H3,(H,21,23)(H,25,26)/t14-,20+/m1/s1. The van der Waals surface area contributed by atoms with Crippen LogP contribution in [0.2, 0.25) is 0 Å². The molecule has 3 heterocycles. The quantitative estimate of drug-likeness (QED) is 0.836. The first-order chi connectivity index (χ1) is 12.9. The monoisotopic (exact) mass is 368 g/mol. The number of hydrogen-bond acceptors (Lipinski definition) is 4. The maximum Gasteiger partial charge on any atom is 0.312 e. The van der Waals surface area contributed by atoms with Crippen molar-refractivity contribution in [3.05, 3.63) is 63.6 Å². The molecule has 27 heavy (non-hydrogen) atoms. The summed E-state index contributed by atoms with van der Waals surface area (Å²) in [5, 5.41) is 10.0. The molecule has 1 fully saturated rings. The van der Waals surface area contributed by atoms with Gasteiger partial charge in [-0.25, -0.2) is 0 Å². The number of carbonyl (C=O) groups excluding carboxylic acids is 1. The lowest BCUT2D eigenvalue weighted by Crippen LogP contribution is -2.42. The number of benzene rings is 1. The summed E-state index contributed by atoms with van der Waals surface area (Å²) in [6, 6.07) is 8.76. The Labute approximate surface area is 155 Å². The zero-order valence-electron chi connectivity index (χ0n) is 14.9. The fraction of sp³-hybridized carbons (Fsp3) is 0.350. The number of carboxylic acid groups (broad SMARTS) is 1. The van der Waals surface area contributed by atoms with E-state index in [2.05, 4.69) is 4.98 Å². The highest BCUT2D eigenvalue weighted by Crippen LogP contribution is 2.44. The predicted molar refractivity (Wildman–Crippen MR) is 96.9 cm³/mol. The molecule has 0 unspecified atom stereocenters. The van der Waals surface area contributed by atoms with E-state index < -0.39 is 17.3 Å². The Balaban J connectivity index is 1.68.